The Hall–Kier alpha value is -3.23. The molecule has 2 N–H and O–H groups in total. The molecule has 32 heavy (non-hydrogen) atoms. The van der Waals surface area contributed by atoms with E-state index in [-0.39, 0.29) is 0 Å². The fourth-order valence-corrected chi connectivity index (χ4v) is 4.65. The second-order valence-electron chi connectivity index (χ2n) is 7.80. The Morgan fingerprint density at radius 1 is 0.844 bits per heavy atom. The molecule has 5 rings (SSSR count). The van der Waals surface area contributed by atoms with Gasteiger partial charge in [0, 0.05) is 37.3 Å². The number of benzene rings is 2. The summed E-state index contributed by atoms with van der Waals surface area (Å²) in [6.07, 6.45) is 3.70. The number of hydrogen-bond acceptors (Lipinski definition) is 8. The van der Waals surface area contributed by atoms with Gasteiger partial charge in [0.05, 0.1) is 24.5 Å². The van der Waals surface area contributed by atoms with Crippen LogP contribution in [0.2, 0.25) is 0 Å². The van der Waals surface area contributed by atoms with Gasteiger partial charge in [0.25, 0.3) is 0 Å². The second-order valence-corrected chi connectivity index (χ2v) is 8.79. The number of nitrogens with two attached hydrogens (primary N) is 1. The topological polar surface area (TPSA) is 84.1 Å². The van der Waals surface area contributed by atoms with Crippen molar-refractivity contribution >= 4 is 34.3 Å². The summed E-state index contributed by atoms with van der Waals surface area (Å²) in [4.78, 5) is 23.1. The molecule has 1 aliphatic heterocycles. The molecule has 1 saturated heterocycles. The van der Waals surface area contributed by atoms with Crippen molar-refractivity contribution in [1.29, 1.82) is 0 Å². The van der Waals surface area contributed by atoms with E-state index in [1.165, 1.54) is 5.56 Å². The quantitative estimate of drug-likeness (QED) is 0.453. The molecule has 0 bridgehead atoms. The lowest BCUT2D eigenvalue weighted by molar-refractivity contribution is 0.243. The highest BCUT2D eigenvalue weighted by Crippen LogP contribution is 2.23. The second kappa shape index (κ2) is 9.50. The van der Waals surface area contributed by atoms with Gasteiger partial charge in [0.15, 0.2) is 0 Å². The summed E-state index contributed by atoms with van der Waals surface area (Å²) in [5, 5.41) is 1.86. The predicted octanol–water partition coefficient (Wildman–Crippen LogP) is 3.62. The summed E-state index contributed by atoms with van der Waals surface area (Å²) >= 11 is 1.72. The standard InChI is InChI=1S/C24H25N7S/c25-24-19-8-4-5-9-20(19)27-21(28-24)16-30-10-12-31(13-11-30)22-14-26-15-23(29-22)32-17-18-6-2-1-3-7-18/h1-9,14-15H,10-13,16-17H2,(H2,25,27,28). The molecule has 3 heterocycles. The van der Waals surface area contributed by atoms with Crippen molar-refractivity contribution in [2.75, 3.05) is 36.8 Å². The van der Waals surface area contributed by atoms with E-state index in [0.717, 1.165) is 59.5 Å². The Balaban J connectivity index is 1.19. The summed E-state index contributed by atoms with van der Waals surface area (Å²) in [7, 11) is 0. The zero-order chi connectivity index (χ0) is 21.8. The fraction of sp³-hybridized carbons (Fsp3) is 0.250. The molecule has 0 unspecified atom stereocenters. The van der Waals surface area contributed by atoms with Crippen molar-refractivity contribution < 1.29 is 0 Å². The minimum Gasteiger partial charge on any atom is -0.383 e. The van der Waals surface area contributed by atoms with E-state index in [1.807, 2.05) is 42.7 Å². The Labute approximate surface area is 191 Å². The van der Waals surface area contributed by atoms with Crippen LogP contribution in [-0.2, 0) is 12.3 Å². The molecule has 162 valence electrons. The first-order chi connectivity index (χ1) is 15.7. The lowest BCUT2D eigenvalue weighted by Crippen LogP contribution is -2.46. The molecule has 2 aromatic carbocycles. The number of nitrogens with zero attached hydrogens (tertiary/aromatic N) is 6. The lowest BCUT2D eigenvalue weighted by atomic mass is 10.2. The van der Waals surface area contributed by atoms with Crippen LogP contribution in [0.25, 0.3) is 10.9 Å². The van der Waals surface area contributed by atoms with Gasteiger partial charge in [0.2, 0.25) is 0 Å². The van der Waals surface area contributed by atoms with Gasteiger partial charge < -0.3 is 10.6 Å². The average molecular weight is 444 g/mol. The number of thioether (sulfide) groups is 1. The van der Waals surface area contributed by atoms with Gasteiger partial charge in [-0.25, -0.2) is 15.0 Å². The van der Waals surface area contributed by atoms with Crippen molar-refractivity contribution in [3.8, 4) is 0 Å². The molecule has 4 aromatic rings. The molecular formula is C24H25N7S. The van der Waals surface area contributed by atoms with E-state index in [2.05, 4.69) is 44.0 Å². The van der Waals surface area contributed by atoms with Gasteiger partial charge in [0.1, 0.15) is 22.5 Å². The van der Waals surface area contributed by atoms with Crippen LogP contribution in [0.15, 0.2) is 72.0 Å². The number of anilines is 2. The molecule has 0 spiro atoms. The van der Waals surface area contributed by atoms with Gasteiger partial charge in [-0.05, 0) is 17.7 Å². The number of aromatic nitrogens is 4. The molecule has 0 atom stereocenters. The smallest absolute Gasteiger partial charge is 0.148 e. The van der Waals surface area contributed by atoms with Gasteiger partial charge in [-0.1, -0.05) is 42.5 Å². The minimum absolute atomic E-state index is 0.546. The Bertz CT molecular complexity index is 1190. The van der Waals surface area contributed by atoms with Crippen LogP contribution in [0.3, 0.4) is 0 Å². The minimum atomic E-state index is 0.546. The zero-order valence-electron chi connectivity index (χ0n) is 17.8. The summed E-state index contributed by atoms with van der Waals surface area (Å²) in [6, 6.07) is 18.3. The number of nitrogen functional groups attached to an aromatic ring is 1. The number of rotatable bonds is 6. The lowest BCUT2D eigenvalue weighted by Gasteiger charge is -2.34. The van der Waals surface area contributed by atoms with E-state index >= 15 is 0 Å². The monoisotopic (exact) mass is 443 g/mol. The molecule has 8 heteroatoms. The van der Waals surface area contributed by atoms with E-state index in [9.17, 15) is 0 Å². The highest BCUT2D eigenvalue weighted by molar-refractivity contribution is 7.98. The van der Waals surface area contributed by atoms with Crippen molar-refractivity contribution in [2.24, 2.45) is 0 Å². The maximum atomic E-state index is 6.14. The van der Waals surface area contributed by atoms with Crippen molar-refractivity contribution in [1.82, 2.24) is 24.8 Å². The summed E-state index contributed by atoms with van der Waals surface area (Å²) in [6.45, 7) is 4.31. The van der Waals surface area contributed by atoms with Gasteiger partial charge in [-0.15, -0.1) is 11.8 Å². The van der Waals surface area contributed by atoms with Crippen molar-refractivity contribution in [2.45, 2.75) is 17.3 Å². The third-order valence-electron chi connectivity index (χ3n) is 5.57. The van der Waals surface area contributed by atoms with E-state index in [4.69, 9.17) is 15.7 Å². The van der Waals surface area contributed by atoms with Crippen LogP contribution in [-0.4, -0.2) is 51.0 Å². The maximum Gasteiger partial charge on any atom is 0.148 e. The van der Waals surface area contributed by atoms with Gasteiger partial charge in [-0.3, -0.25) is 9.88 Å². The zero-order valence-corrected chi connectivity index (χ0v) is 18.6. The summed E-state index contributed by atoms with van der Waals surface area (Å²) < 4.78 is 0. The molecule has 0 amide bonds. The van der Waals surface area contributed by atoms with Crippen molar-refractivity contribution in [3.63, 3.8) is 0 Å². The first-order valence-corrected chi connectivity index (χ1v) is 11.7. The molecule has 1 aliphatic rings. The van der Waals surface area contributed by atoms with Crippen LogP contribution < -0.4 is 10.6 Å². The van der Waals surface area contributed by atoms with Crippen molar-refractivity contribution in [3.05, 3.63) is 78.4 Å². The average Bonchev–Trinajstić information content (AvgIpc) is 2.84. The van der Waals surface area contributed by atoms with Crippen LogP contribution in [0.5, 0.6) is 0 Å². The molecule has 0 saturated carbocycles. The van der Waals surface area contributed by atoms with Gasteiger partial charge >= 0.3 is 0 Å². The molecule has 0 radical (unpaired) electrons. The maximum absolute atomic E-state index is 6.14. The SMILES string of the molecule is Nc1nc(CN2CCN(c3cncc(SCc4ccccc4)n3)CC2)nc2ccccc12. The number of piperazine rings is 1. The fourth-order valence-electron chi connectivity index (χ4n) is 3.85. The summed E-state index contributed by atoms with van der Waals surface area (Å²) in [5.74, 6) is 3.15. The number of fused-ring (bicyclic) bond motifs is 1. The van der Waals surface area contributed by atoms with Gasteiger partial charge in [-0.2, -0.15) is 0 Å². The number of hydrogen-bond donors (Lipinski definition) is 1. The van der Waals surface area contributed by atoms with E-state index in [0.29, 0.717) is 12.4 Å². The molecular weight excluding hydrogens is 418 g/mol. The molecule has 1 fully saturated rings. The van der Waals surface area contributed by atoms with E-state index in [1.54, 1.807) is 11.8 Å². The first-order valence-electron chi connectivity index (χ1n) is 10.7. The molecule has 2 aromatic heterocycles. The van der Waals surface area contributed by atoms with Crippen LogP contribution in [0.4, 0.5) is 11.6 Å². The third-order valence-corrected chi connectivity index (χ3v) is 6.54. The largest absolute Gasteiger partial charge is 0.383 e. The van der Waals surface area contributed by atoms with Crippen LogP contribution in [0, 0.1) is 0 Å². The third kappa shape index (κ3) is 4.81. The highest BCUT2D eigenvalue weighted by Gasteiger charge is 2.20. The molecule has 7 nitrogen and oxygen atoms in total. The Kier molecular flexibility index (Phi) is 6.13. The molecule has 0 aliphatic carbocycles. The Morgan fingerprint density at radius 3 is 2.47 bits per heavy atom. The Morgan fingerprint density at radius 2 is 1.62 bits per heavy atom. The predicted molar refractivity (Wildman–Crippen MR) is 129 cm³/mol. The van der Waals surface area contributed by atoms with E-state index < -0.39 is 0 Å². The first kappa shape index (κ1) is 20.7. The highest BCUT2D eigenvalue weighted by atomic mass is 32.2. The number of para-hydroxylation sites is 1. The summed E-state index contributed by atoms with van der Waals surface area (Å²) in [5.41, 5.74) is 8.32. The van der Waals surface area contributed by atoms with Crippen LogP contribution >= 0.6 is 11.8 Å². The van der Waals surface area contributed by atoms with Crippen LogP contribution in [0.1, 0.15) is 11.4 Å². The normalized spacial score (nSPS) is 14.7.